The van der Waals surface area contributed by atoms with E-state index in [1.165, 1.54) is 6.07 Å². The highest BCUT2D eigenvalue weighted by Gasteiger charge is 2.22. The quantitative estimate of drug-likeness (QED) is 0.645. The Bertz CT molecular complexity index is 496. The predicted molar refractivity (Wildman–Crippen MR) is 69.7 cm³/mol. The number of hydrogen-bond donors (Lipinski definition) is 1. The van der Waals surface area contributed by atoms with E-state index >= 15 is 0 Å². The number of pyridine rings is 1. The average Bonchev–Trinajstić information content (AvgIpc) is 2.67. The number of nitro groups is 1. The van der Waals surface area contributed by atoms with E-state index in [1.54, 1.807) is 4.90 Å². The Kier molecular flexibility index (Phi) is 3.94. The molecule has 0 unspecified atom stereocenters. The minimum absolute atomic E-state index is 0.0415. The van der Waals surface area contributed by atoms with Gasteiger partial charge in [-0.05, 0) is 12.8 Å². The number of anilines is 1. The van der Waals surface area contributed by atoms with Crippen molar-refractivity contribution in [2.45, 2.75) is 25.7 Å². The van der Waals surface area contributed by atoms with Gasteiger partial charge in [-0.2, -0.15) is 0 Å². The van der Waals surface area contributed by atoms with Crippen molar-refractivity contribution < 1.29 is 9.72 Å². The molecule has 1 amide bonds. The number of carbonyl (C=O) groups excluding carboxylic acids is 1. The Morgan fingerprint density at radius 1 is 1.32 bits per heavy atom. The molecule has 2 N–H and O–H groups in total. The molecule has 1 aromatic heterocycles. The maximum absolute atomic E-state index is 12.3. The van der Waals surface area contributed by atoms with Gasteiger partial charge in [-0.25, -0.2) is 4.98 Å². The number of carbonyl (C=O) groups is 1. The number of rotatable bonds is 2. The molecule has 0 atom stereocenters. The Morgan fingerprint density at radius 3 is 2.53 bits per heavy atom. The fourth-order valence-corrected chi connectivity index (χ4v) is 2.18. The smallest absolute Gasteiger partial charge is 0.288 e. The van der Waals surface area contributed by atoms with Crippen molar-refractivity contribution in [3.63, 3.8) is 0 Å². The Labute approximate surface area is 110 Å². The second-order valence-electron chi connectivity index (χ2n) is 4.59. The molecule has 0 bridgehead atoms. The molecule has 1 aromatic rings. The lowest BCUT2D eigenvalue weighted by atomic mass is 10.2. The largest absolute Gasteiger partial charge is 0.383 e. The Morgan fingerprint density at radius 2 is 1.95 bits per heavy atom. The molecule has 2 heterocycles. The van der Waals surface area contributed by atoms with Crippen molar-refractivity contribution in [1.82, 2.24) is 9.88 Å². The molecule has 2 rings (SSSR count). The molecule has 0 aliphatic carbocycles. The van der Waals surface area contributed by atoms with Gasteiger partial charge in [-0.3, -0.25) is 14.9 Å². The van der Waals surface area contributed by atoms with Crippen LogP contribution in [-0.4, -0.2) is 33.8 Å². The predicted octanol–water partition coefficient (Wildman–Crippen LogP) is 1.59. The molecule has 1 fully saturated rings. The Hall–Kier alpha value is -2.18. The summed E-state index contributed by atoms with van der Waals surface area (Å²) in [6.07, 6.45) is 5.18. The van der Waals surface area contributed by atoms with Crippen molar-refractivity contribution >= 4 is 17.4 Å². The van der Waals surface area contributed by atoms with Crippen LogP contribution >= 0.6 is 0 Å². The van der Waals surface area contributed by atoms with Crippen molar-refractivity contribution in [3.8, 4) is 0 Å². The fraction of sp³-hybridized carbons (Fsp3) is 0.500. The third-order valence-electron chi connectivity index (χ3n) is 3.24. The van der Waals surface area contributed by atoms with E-state index in [-0.39, 0.29) is 23.0 Å². The van der Waals surface area contributed by atoms with Crippen LogP contribution in [-0.2, 0) is 0 Å². The van der Waals surface area contributed by atoms with Gasteiger partial charge < -0.3 is 10.6 Å². The number of aromatic nitrogens is 1. The van der Waals surface area contributed by atoms with Gasteiger partial charge in [0.05, 0.1) is 10.5 Å². The summed E-state index contributed by atoms with van der Waals surface area (Å²) >= 11 is 0. The normalized spacial score (nSPS) is 15.9. The van der Waals surface area contributed by atoms with Gasteiger partial charge in [0.25, 0.3) is 11.6 Å². The lowest BCUT2D eigenvalue weighted by Gasteiger charge is -2.20. The van der Waals surface area contributed by atoms with E-state index in [0.29, 0.717) is 13.1 Å². The number of likely N-dealkylation sites (tertiary alicyclic amines) is 1. The molecule has 7 nitrogen and oxygen atoms in total. The second-order valence-corrected chi connectivity index (χ2v) is 4.59. The van der Waals surface area contributed by atoms with E-state index in [2.05, 4.69) is 4.98 Å². The molecule has 0 spiro atoms. The number of amides is 1. The minimum Gasteiger partial charge on any atom is -0.383 e. The number of nitrogen functional groups attached to an aromatic ring is 1. The van der Waals surface area contributed by atoms with Gasteiger partial charge in [0.15, 0.2) is 0 Å². The van der Waals surface area contributed by atoms with E-state index in [9.17, 15) is 14.9 Å². The van der Waals surface area contributed by atoms with E-state index < -0.39 is 4.92 Å². The maximum atomic E-state index is 12.3. The summed E-state index contributed by atoms with van der Waals surface area (Å²) in [6, 6.07) is 1.20. The summed E-state index contributed by atoms with van der Waals surface area (Å²) in [5.74, 6) is -0.226. The zero-order valence-electron chi connectivity index (χ0n) is 10.5. The molecular weight excluding hydrogens is 248 g/mol. The van der Waals surface area contributed by atoms with Crippen molar-refractivity contribution in [2.24, 2.45) is 0 Å². The highest BCUT2D eigenvalue weighted by molar-refractivity contribution is 5.98. The van der Waals surface area contributed by atoms with Gasteiger partial charge in [0, 0.05) is 19.2 Å². The number of nitrogens with two attached hydrogens (primary N) is 1. The van der Waals surface area contributed by atoms with Crippen molar-refractivity contribution in [2.75, 3.05) is 18.8 Å². The third-order valence-corrected chi connectivity index (χ3v) is 3.24. The number of hydrogen-bond acceptors (Lipinski definition) is 5. The fourth-order valence-electron chi connectivity index (χ4n) is 2.18. The summed E-state index contributed by atoms with van der Waals surface area (Å²) in [5, 5.41) is 10.7. The van der Waals surface area contributed by atoms with Gasteiger partial charge in [0.1, 0.15) is 12.0 Å². The molecule has 19 heavy (non-hydrogen) atoms. The molecule has 0 saturated carbocycles. The average molecular weight is 264 g/mol. The van der Waals surface area contributed by atoms with Gasteiger partial charge in [0.2, 0.25) is 0 Å². The summed E-state index contributed by atoms with van der Waals surface area (Å²) in [7, 11) is 0. The monoisotopic (exact) mass is 264 g/mol. The molecular formula is C12H16N4O3. The molecule has 7 heteroatoms. The number of nitrogens with zero attached hydrogens (tertiary/aromatic N) is 3. The molecule has 0 radical (unpaired) electrons. The zero-order chi connectivity index (χ0) is 13.8. The van der Waals surface area contributed by atoms with Crippen LogP contribution < -0.4 is 5.73 Å². The third kappa shape index (κ3) is 2.98. The van der Waals surface area contributed by atoms with Gasteiger partial charge in [-0.1, -0.05) is 12.8 Å². The standard InChI is InChI=1S/C12H16N4O3/c13-11-10(7-9(8-14-11)16(18)19)12(17)15-5-3-1-2-4-6-15/h7-8H,1-6H2,(H2,13,14). The molecule has 1 aliphatic heterocycles. The van der Waals surface area contributed by atoms with Crippen molar-refractivity contribution in [3.05, 3.63) is 27.9 Å². The first-order valence-electron chi connectivity index (χ1n) is 6.29. The molecule has 1 saturated heterocycles. The first kappa shape index (κ1) is 13.3. The van der Waals surface area contributed by atoms with Crippen LogP contribution in [0.5, 0.6) is 0 Å². The van der Waals surface area contributed by atoms with Crippen LogP contribution in [0, 0.1) is 10.1 Å². The lowest BCUT2D eigenvalue weighted by molar-refractivity contribution is -0.385. The first-order valence-corrected chi connectivity index (χ1v) is 6.29. The highest BCUT2D eigenvalue weighted by Crippen LogP contribution is 2.20. The van der Waals surface area contributed by atoms with Crippen LogP contribution in [0.25, 0.3) is 0 Å². The van der Waals surface area contributed by atoms with E-state index in [1.807, 2.05) is 0 Å². The van der Waals surface area contributed by atoms with Crippen LogP contribution in [0.4, 0.5) is 11.5 Å². The summed E-state index contributed by atoms with van der Waals surface area (Å²) in [4.78, 5) is 27.9. The minimum atomic E-state index is -0.578. The topological polar surface area (TPSA) is 102 Å². The van der Waals surface area contributed by atoms with Crippen LogP contribution in [0.3, 0.4) is 0 Å². The van der Waals surface area contributed by atoms with Gasteiger partial charge >= 0.3 is 0 Å². The van der Waals surface area contributed by atoms with Crippen LogP contribution in [0.1, 0.15) is 36.0 Å². The van der Waals surface area contributed by atoms with Crippen LogP contribution in [0.15, 0.2) is 12.3 Å². The zero-order valence-corrected chi connectivity index (χ0v) is 10.5. The highest BCUT2D eigenvalue weighted by atomic mass is 16.6. The van der Waals surface area contributed by atoms with E-state index in [4.69, 9.17) is 5.73 Å². The first-order chi connectivity index (χ1) is 9.09. The lowest BCUT2D eigenvalue weighted by Crippen LogP contribution is -2.32. The van der Waals surface area contributed by atoms with Crippen LogP contribution in [0.2, 0.25) is 0 Å². The SMILES string of the molecule is Nc1ncc([N+](=O)[O-])cc1C(=O)N1CCCCCC1. The van der Waals surface area contributed by atoms with Gasteiger partial charge in [-0.15, -0.1) is 0 Å². The van der Waals surface area contributed by atoms with E-state index in [0.717, 1.165) is 31.9 Å². The molecule has 0 aromatic carbocycles. The summed E-state index contributed by atoms with van der Waals surface area (Å²) < 4.78 is 0. The summed E-state index contributed by atoms with van der Waals surface area (Å²) in [6.45, 7) is 1.34. The maximum Gasteiger partial charge on any atom is 0.288 e. The summed E-state index contributed by atoms with van der Waals surface area (Å²) in [5.41, 5.74) is 5.56. The molecule has 1 aliphatic rings. The van der Waals surface area contributed by atoms with Crippen molar-refractivity contribution in [1.29, 1.82) is 0 Å². The second kappa shape index (κ2) is 5.64. The molecule has 102 valence electrons. The Balaban J connectivity index is 2.26.